The van der Waals surface area contributed by atoms with Gasteiger partial charge in [0.15, 0.2) is 0 Å². The Labute approximate surface area is 145 Å². The van der Waals surface area contributed by atoms with E-state index in [1.165, 1.54) is 29.2 Å². The zero-order valence-electron chi connectivity index (χ0n) is 12.8. The molecule has 1 fully saturated rings. The number of halogens is 4. The molecule has 10 heteroatoms. The molecule has 0 saturated carbocycles. The molecular weight excluding hydrogens is 361 g/mol. The number of nitrogens with two attached hydrogens (primary N) is 1. The SMILES string of the molecule is Nc1nnc(C2CN(C(=O)CC(c3ccc(Cl)cc3)C(F)(F)F)C2)o1. The number of alkyl halides is 3. The lowest BCUT2D eigenvalue weighted by molar-refractivity contribution is -0.162. The quantitative estimate of drug-likeness (QED) is 0.889. The van der Waals surface area contributed by atoms with Crippen LogP contribution in [-0.4, -0.2) is 40.3 Å². The molecular formula is C15H14ClF3N4O2. The van der Waals surface area contributed by atoms with E-state index in [1.54, 1.807) is 0 Å². The van der Waals surface area contributed by atoms with Crippen LogP contribution in [0.2, 0.25) is 5.02 Å². The first-order valence-corrected chi connectivity index (χ1v) is 7.80. The van der Waals surface area contributed by atoms with Gasteiger partial charge in [0.25, 0.3) is 0 Å². The maximum absolute atomic E-state index is 13.3. The summed E-state index contributed by atoms with van der Waals surface area (Å²) in [4.78, 5) is 13.5. The Bertz CT molecular complexity index is 757. The number of nitrogens with zero attached hydrogens (tertiary/aromatic N) is 3. The van der Waals surface area contributed by atoms with Crippen LogP contribution in [0.4, 0.5) is 19.2 Å². The van der Waals surface area contributed by atoms with Crippen LogP contribution in [0.5, 0.6) is 0 Å². The fourth-order valence-electron chi connectivity index (χ4n) is 2.67. The molecule has 134 valence electrons. The molecule has 1 aliphatic rings. The van der Waals surface area contributed by atoms with Crippen LogP contribution in [0, 0.1) is 0 Å². The van der Waals surface area contributed by atoms with Crippen LogP contribution in [0.25, 0.3) is 0 Å². The van der Waals surface area contributed by atoms with Crippen molar-refractivity contribution in [1.82, 2.24) is 15.1 Å². The van der Waals surface area contributed by atoms with Crippen molar-refractivity contribution in [2.45, 2.75) is 24.4 Å². The molecule has 1 aromatic heterocycles. The minimum absolute atomic E-state index is 0.00648. The number of rotatable bonds is 4. The number of amides is 1. The number of hydrogen-bond acceptors (Lipinski definition) is 5. The summed E-state index contributed by atoms with van der Waals surface area (Å²) in [6.07, 6.45) is -5.20. The zero-order valence-corrected chi connectivity index (χ0v) is 13.6. The molecule has 3 rings (SSSR count). The van der Waals surface area contributed by atoms with Gasteiger partial charge in [-0.15, -0.1) is 5.10 Å². The molecule has 6 nitrogen and oxygen atoms in total. The van der Waals surface area contributed by atoms with E-state index in [2.05, 4.69) is 10.2 Å². The molecule has 2 aromatic rings. The maximum Gasteiger partial charge on any atom is 0.396 e. The van der Waals surface area contributed by atoms with Gasteiger partial charge >= 0.3 is 12.2 Å². The van der Waals surface area contributed by atoms with E-state index < -0.39 is 24.4 Å². The lowest BCUT2D eigenvalue weighted by Gasteiger charge is -2.38. The summed E-state index contributed by atoms with van der Waals surface area (Å²) in [7, 11) is 0. The van der Waals surface area contributed by atoms with Gasteiger partial charge in [0, 0.05) is 24.5 Å². The van der Waals surface area contributed by atoms with Crippen LogP contribution >= 0.6 is 11.6 Å². The Balaban J connectivity index is 1.64. The second-order valence-electron chi connectivity index (χ2n) is 5.82. The van der Waals surface area contributed by atoms with Crippen LogP contribution in [0.1, 0.15) is 29.7 Å². The lowest BCUT2D eigenvalue weighted by Crippen LogP contribution is -2.49. The summed E-state index contributed by atoms with van der Waals surface area (Å²) >= 11 is 5.71. The number of carbonyl (C=O) groups is 1. The summed E-state index contributed by atoms with van der Waals surface area (Å²) in [6.45, 7) is 0.456. The van der Waals surface area contributed by atoms with Gasteiger partial charge in [0.05, 0.1) is 11.8 Å². The summed E-state index contributed by atoms with van der Waals surface area (Å²) in [5, 5.41) is 7.56. The van der Waals surface area contributed by atoms with E-state index >= 15 is 0 Å². The van der Waals surface area contributed by atoms with E-state index in [4.69, 9.17) is 21.8 Å². The van der Waals surface area contributed by atoms with Gasteiger partial charge < -0.3 is 15.1 Å². The molecule has 25 heavy (non-hydrogen) atoms. The van der Waals surface area contributed by atoms with Crippen LogP contribution in [-0.2, 0) is 4.79 Å². The second-order valence-corrected chi connectivity index (χ2v) is 6.26. The number of carbonyl (C=O) groups excluding carboxylic acids is 1. The monoisotopic (exact) mass is 374 g/mol. The Morgan fingerprint density at radius 3 is 2.48 bits per heavy atom. The second kappa shape index (κ2) is 6.55. The van der Waals surface area contributed by atoms with Crippen molar-refractivity contribution in [2.24, 2.45) is 0 Å². The fourth-order valence-corrected chi connectivity index (χ4v) is 2.80. The number of nitrogen functional groups attached to an aromatic ring is 1. The normalized spacial score (nSPS) is 16.6. The Hall–Kier alpha value is -2.29. The average molecular weight is 375 g/mol. The van der Waals surface area contributed by atoms with E-state index in [9.17, 15) is 18.0 Å². The number of benzene rings is 1. The summed E-state index contributed by atoms with van der Waals surface area (Å²) in [5.74, 6) is -2.38. The smallest absolute Gasteiger partial charge is 0.396 e. The summed E-state index contributed by atoms with van der Waals surface area (Å²) < 4.78 is 45.1. The molecule has 0 bridgehead atoms. The van der Waals surface area contributed by atoms with Crippen LogP contribution in [0.15, 0.2) is 28.7 Å². The molecule has 1 atom stereocenters. The summed E-state index contributed by atoms with van der Waals surface area (Å²) in [6, 6.07) is 5.24. The number of anilines is 1. The zero-order chi connectivity index (χ0) is 18.2. The number of hydrogen-bond donors (Lipinski definition) is 1. The number of aromatic nitrogens is 2. The molecule has 2 heterocycles. The van der Waals surface area contributed by atoms with Crippen LogP contribution < -0.4 is 5.73 Å². The largest absolute Gasteiger partial charge is 0.408 e. The Morgan fingerprint density at radius 1 is 1.32 bits per heavy atom. The van der Waals surface area contributed by atoms with Crippen molar-refractivity contribution in [1.29, 1.82) is 0 Å². The van der Waals surface area contributed by atoms with Gasteiger partial charge in [-0.3, -0.25) is 4.79 Å². The first kappa shape index (κ1) is 17.5. The van der Waals surface area contributed by atoms with E-state index in [0.29, 0.717) is 5.02 Å². The molecule has 1 saturated heterocycles. The number of likely N-dealkylation sites (tertiary alicyclic amines) is 1. The van der Waals surface area contributed by atoms with Gasteiger partial charge in [-0.1, -0.05) is 28.8 Å². The van der Waals surface area contributed by atoms with Gasteiger partial charge in [0.2, 0.25) is 11.8 Å². The van der Waals surface area contributed by atoms with Crippen molar-refractivity contribution < 1.29 is 22.4 Å². The van der Waals surface area contributed by atoms with Crippen molar-refractivity contribution in [2.75, 3.05) is 18.8 Å². The molecule has 1 amide bonds. The molecule has 0 aliphatic carbocycles. The van der Waals surface area contributed by atoms with Gasteiger partial charge in [-0.2, -0.15) is 13.2 Å². The lowest BCUT2D eigenvalue weighted by atomic mass is 9.92. The average Bonchev–Trinajstić information content (AvgIpc) is 2.89. The predicted molar refractivity (Wildman–Crippen MR) is 82.9 cm³/mol. The summed E-state index contributed by atoms with van der Waals surface area (Å²) in [5.41, 5.74) is 5.33. The molecule has 0 radical (unpaired) electrons. The van der Waals surface area contributed by atoms with E-state index in [1.807, 2.05) is 0 Å². The standard InChI is InChI=1S/C15H14ClF3N4O2/c16-10-3-1-8(2-4-10)11(15(17,18)19)5-12(24)23-6-9(7-23)13-21-22-14(20)25-13/h1-4,9,11H,5-7H2,(H2,20,22). The highest BCUT2D eigenvalue weighted by atomic mass is 35.5. The molecule has 1 aliphatic heterocycles. The van der Waals surface area contributed by atoms with Gasteiger partial charge in [-0.25, -0.2) is 0 Å². The molecule has 2 N–H and O–H groups in total. The first-order valence-electron chi connectivity index (χ1n) is 7.43. The predicted octanol–water partition coefficient (Wildman–Crippen LogP) is 2.97. The van der Waals surface area contributed by atoms with Crippen molar-refractivity contribution in [3.63, 3.8) is 0 Å². The molecule has 1 unspecified atom stereocenters. The molecule has 1 aromatic carbocycles. The third-order valence-electron chi connectivity index (χ3n) is 4.09. The maximum atomic E-state index is 13.3. The fraction of sp³-hybridized carbons (Fsp3) is 0.400. The minimum atomic E-state index is -4.53. The highest BCUT2D eigenvalue weighted by Gasteiger charge is 2.44. The third-order valence-corrected chi connectivity index (χ3v) is 4.34. The molecule has 0 spiro atoms. The third kappa shape index (κ3) is 3.87. The topological polar surface area (TPSA) is 85.2 Å². The minimum Gasteiger partial charge on any atom is -0.408 e. The Kier molecular flexibility index (Phi) is 4.59. The van der Waals surface area contributed by atoms with Gasteiger partial charge in [-0.05, 0) is 17.7 Å². The Morgan fingerprint density at radius 2 is 1.96 bits per heavy atom. The highest BCUT2D eigenvalue weighted by molar-refractivity contribution is 6.30. The first-order chi connectivity index (χ1) is 11.7. The van der Waals surface area contributed by atoms with Crippen molar-refractivity contribution in [3.05, 3.63) is 40.7 Å². The van der Waals surface area contributed by atoms with Crippen molar-refractivity contribution in [3.8, 4) is 0 Å². The van der Waals surface area contributed by atoms with Crippen molar-refractivity contribution >= 4 is 23.5 Å². The highest BCUT2D eigenvalue weighted by Crippen LogP contribution is 2.39. The van der Waals surface area contributed by atoms with E-state index in [-0.39, 0.29) is 36.5 Å². The van der Waals surface area contributed by atoms with Gasteiger partial charge in [0.1, 0.15) is 0 Å². The van der Waals surface area contributed by atoms with E-state index in [0.717, 1.165) is 0 Å². The van der Waals surface area contributed by atoms with Crippen LogP contribution in [0.3, 0.4) is 0 Å².